The standard InChI is InChI=1S/C52H37N/c1-3-16-38(17-4-1)39-30-34-43(35-31-39)53(44-36-32-42(33-37-44)46-28-15-21-41-20-7-8-22-45(41)46)52-29-14-13-27-51(52)50-26-12-11-25-49(50)48-24-10-9-23-47(48)40-18-5-2-6-19-40/h1-37H. The first-order valence-corrected chi connectivity index (χ1v) is 18.2. The molecule has 0 aliphatic heterocycles. The first-order chi connectivity index (χ1) is 26.3. The van der Waals surface area contributed by atoms with Crippen LogP contribution in [0.25, 0.3) is 66.4 Å². The van der Waals surface area contributed by atoms with Crippen LogP contribution in [0.15, 0.2) is 224 Å². The number of nitrogens with zero attached hydrogens (tertiary/aromatic N) is 1. The van der Waals surface area contributed by atoms with Crippen LogP contribution in [-0.2, 0) is 0 Å². The molecule has 1 nitrogen and oxygen atoms in total. The van der Waals surface area contributed by atoms with Crippen LogP contribution in [0, 0.1) is 0 Å². The molecule has 0 atom stereocenters. The van der Waals surface area contributed by atoms with Crippen molar-refractivity contribution in [2.45, 2.75) is 0 Å². The molecule has 0 saturated carbocycles. The van der Waals surface area contributed by atoms with Crippen molar-refractivity contribution in [3.8, 4) is 55.6 Å². The van der Waals surface area contributed by atoms with Crippen LogP contribution in [0.5, 0.6) is 0 Å². The number of rotatable bonds is 8. The van der Waals surface area contributed by atoms with Gasteiger partial charge in [0.15, 0.2) is 0 Å². The maximum atomic E-state index is 2.40. The van der Waals surface area contributed by atoms with E-state index in [4.69, 9.17) is 0 Å². The third-order valence-corrected chi connectivity index (χ3v) is 10.1. The van der Waals surface area contributed by atoms with Gasteiger partial charge >= 0.3 is 0 Å². The van der Waals surface area contributed by atoms with Gasteiger partial charge in [0.25, 0.3) is 0 Å². The van der Waals surface area contributed by atoms with Gasteiger partial charge in [0.05, 0.1) is 5.69 Å². The largest absolute Gasteiger partial charge is 0.310 e. The highest BCUT2D eigenvalue weighted by molar-refractivity contribution is 5.99. The summed E-state index contributed by atoms with van der Waals surface area (Å²) >= 11 is 0. The summed E-state index contributed by atoms with van der Waals surface area (Å²) in [6.07, 6.45) is 0. The maximum Gasteiger partial charge on any atom is 0.0540 e. The van der Waals surface area contributed by atoms with Crippen LogP contribution in [0.4, 0.5) is 17.1 Å². The van der Waals surface area contributed by atoms with Gasteiger partial charge in [-0.25, -0.2) is 0 Å². The van der Waals surface area contributed by atoms with Crippen molar-refractivity contribution in [1.82, 2.24) is 0 Å². The molecular weight excluding hydrogens is 639 g/mol. The van der Waals surface area contributed by atoms with E-state index in [2.05, 4.69) is 229 Å². The van der Waals surface area contributed by atoms with Crippen LogP contribution >= 0.6 is 0 Å². The number of hydrogen-bond donors (Lipinski definition) is 0. The van der Waals surface area contributed by atoms with Crippen LogP contribution < -0.4 is 4.90 Å². The zero-order valence-corrected chi connectivity index (χ0v) is 29.3. The normalized spacial score (nSPS) is 11.0. The van der Waals surface area contributed by atoms with Crippen LogP contribution in [-0.4, -0.2) is 0 Å². The minimum Gasteiger partial charge on any atom is -0.310 e. The van der Waals surface area contributed by atoms with Crippen molar-refractivity contribution >= 4 is 27.8 Å². The first-order valence-electron chi connectivity index (χ1n) is 18.2. The van der Waals surface area contributed by atoms with E-state index in [1.54, 1.807) is 0 Å². The molecule has 0 aliphatic carbocycles. The van der Waals surface area contributed by atoms with Crippen molar-refractivity contribution in [1.29, 1.82) is 0 Å². The molecule has 1 heteroatoms. The SMILES string of the molecule is c1ccc(-c2ccc(N(c3ccc(-c4cccc5ccccc45)cc3)c3ccccc3-c3ccccc3-c3ccccc3-c3ccccc3)cc2)cc1. The van der Waals surface area contributed by atoms with Crippen LogP contribution in [0.1, 0.15) is 0 Å². The summed E-state index contributed by atoms with van der Waals surface area (Å²) in [5, 5.41) is 2.50. The van der Waals surface area contributed by atoms with Gasteiger partial charge in [0.1, 0.15) is 0 Å². The van der Waals surface area contributed by atoms with Gasteiger partial charge in [-0.15, -0.1) is 0 Å². The Kier molecular flexibility index (Phi) is 8.66. The molecule has 0 spiro atoms. The zero-order valence-electron chi connectivity index (χ0n) is 29.3. The zero-order chi connectivity index (χ0) is 35.4. The van der Waals surface area contributed by atoms with E-state index in [0.717, 1.165) is 22.6 Å². The second-order valence-corrected chi connectivity index (χ2v) is 13.3. The highest BCUT2D eigenvalue weighted by Crippen LogP contribution is 2.45. The van der Waals surface area contributed by atoms with Crippen molar-refractivity contribution < 1.29 is 0 Å². The maximum absolute atomic E-state index is 2.40. The molecular formula is C52H37N. The Bertz CT molecular complexity index is 2640. The summed E-state index contributed by atoms with van der Waals surface area (Å²) in [5.74, 6) is 0. The molecule has 0 radical (unpaired) electrons. The summed E-state index contributed by atoms with van der Waals surface area (Å²) in [5.41, 5.74) is 15.3. The molecule has 0 aliphatic rings. The molecule has 0 heterocycles. The van der Waals surface area contributed by atoms with Crippen LogP contribution in [0.3, 0.4) is 0 Å². The molecule has 0 amide bonds. The van der Waals surface area contributed by atoms with E-state index in [1.807, 2.05) is 0 Å². The molecule has 0 aromatic heterocycles. The Morgan fingerprint density at radius 1 is 0.226 bits per heavy atom. The van der Waals surface area contributed by atoms with Crippen molar-refractivity contribution in [3.63, 3.8) is 0 Å². The lowest BCUT2D eigenvalue weighted by atomic mass is 9.88. The molecule has 0 fully saturated rings. The van der Waals surface area contributed by atoms with Crippen molar-refractivity contribution in [2.24, 2.45) is 0 Å². The monoisotopic (exact) mass is 675 g/mol. The fraction of sp³-hybridized carbons (Fsp3) is 0. The average Bonchev–Trinajstić information content (AvgIpc) is 3.25. The molecule has 0 bridgehead atoms. The number of benzene rings is 9. The molecule has 250 valence electrons. The second-order valence-electron chi connectivity index (χ2n) is 13.3. The van der Waals surface area contributed by atoms with Gasteiger partial charge < -0.3 is 4.90 Å². The summed E-state index contributed by atoms with van der Waals surface area (Å²) in [7, 11) is 0. The van der Waals surface area contributed by atoms with E-state index in [-0.39, 0.29) is 0 Å². The van der Waals surface area contributed by atoms with Crippen LogP contribution in [0.2, 0.25) is 0 Å². The third-order valence-electron chi connectivity index (χ3n) is 10.1. The Morgan fingerprint density at radius 3 is 1.28 bits per heavy atom. The van der Waals surface area contributed by atoms with E-state index >= 15 is 0 Å². The summed E-state index contributed by atoms with van der Waals surface area (Å²) in [6, 6.07) is 80.8. The minimum atomic E-state index is 1.09. The fourth-order valence-corrected chi connectivity index (χ4v) is 7.56. The molecule has 53 heavy (non-hydrogen) atoms. The predicted octanol–water partition coefficient (Wildman–Crippen LogP) is 14.6. The summed E-state index contributed by atoms with van der Waals surface area (Å²) in [4.78, 5) is 2.40. The van der Waals surface area contributed by atoms with Gasteiger partial charge in [-0.3, -0.25) is 0 Å². The van der Waals surface area contributed by atoms with Gasteiger partial charge in [-0.2, -0.15) is 0 Å². The second kappa shape index (κ2) is 14.3. The number of fused-ring (bicyclic) bond motifs is 1. The number of hydrogen-bond acceptors (Lipinski definition) is 1. The Balaban J connectivity index is 1.20. The Labute approximate surface area is 311 Å². The highest BCUT2D eigenvalue weighted by atomic mass is 15.1. The van der Waals surface area contributed by atoms with E-state index in [1.165, 1.54) is 60.8 Å². The lowest BCUT2D eigenvalue weighted by Gasteiger charge is -2.29. The fourth-order valence-electron chi connectivity index (χ4n) is 7.56. The summed E-state index contributed by atoms with van der Waals surface area (Å²) in [6.45, 7) is 0. The first kappa shape index (κ1) is 32.0. The van der Waals surface area contributed by atoms with Crippen molar-refractivity contribution in [3.05, 3.63) is 224 Å². The van der Waals surface area contributed by atoms with E-state index < -0.39 is 0 Å². The van der Waals surface area contributed by atoms with Gasteiger partial charge in [-0.1, -0.05) is 194 Å². The summed E-state index contributed by atoms with van der Waals surface area (Å²) < 4.78 is 0. The lowest BCUT2D eigenvalue weighted by molar-refractivity contribution is 1.28. The average molecular weight is 676 g/mol. The molecule has 0 N–H and O–H groups in total. The molecule has 9 aromatic rings. The van der Waals surface area contributed by atoms with Gasteiger partial charge in [0.2, 0.25) is 0 Å². The quantitative estimate of drug-likeness (QED) is 0.155. The molecule has 0 unspecified atom stereocenters. The third kappa shape index (κ3) is 6.30. The number of para-hydroxylation sites is 1. The minimum absolute atomic E-state index is 1.09. The topological polar surface area (TPSA) is 3.24 Å². The smallest absolute Gasteiger partial charge is 0.0540 e. The Hall–Kier alpha value is -6.96. The van der Waals surface area contributed by atoms with Gasteiger partial charge in [-0.05, 0) is 91.2 Å². The van der Waals surface area contributed by atoms with E-state index in [0.29, 0.717) is 0 Å². The predicted molar refractivity (Wildman–Crippen MR) is 226 cm³/mol. The van der Waals surface area contributed by atoms with Gasteiger partial charge in [0, 0.05) is 16.9 Å². The van der Waals surface area contributed by atoms with E-state index in [9.17, 15) is 0 Å². The number of anilines is 3. The molecule has 9 rings (SSSR count). The Morgan fingerprint density at radius 2 is 0.623 bits per heavy atom. The molecule has 9 aromatic carbocycles. The molecule has 0 saturated heterocycles. The highest BCUT2D eigenvalue weighted by Gasteiger charge is 2.20. The lowest BCUT2D eigenvalue weighted by Crippen LogP contribution is -2.11. The van der Waals surface area contributed by atoms with Crippen molar-refractivity contribution in [2.75, 3.05) is 4.90 Å².